The molecule has 1 fully saturated rings. The largest absolute Gasteiger partial charge is 0.465 e. The SMILES string of the molecule is COC(=O)c1ccc(C)c(S(=O)(=O)NCCN2CCOCC2)c1. The number of aryl methyl sites for hydroxylation is 1. The van der Waals surface area contributed by atoms with Crippen LogP contribution in [-0.4, -0.2) is 65.8 Å². The molecule has 0 bridgehead atoms. The second kappa shape index (κ2) is 7.87. The lowest BCUT2D eigenvalue weighted by molar-refractivity contribution is 0.0390. The van der Waals surface area contributed by atoms with E-state index < -0.39 is 16.0 Å². The van der Waals surface area contributed by atoms with Gasteiger partial charge in [-0.15, -0.1) is 0 Å². The number of ether oxygens (including phenoxy) is 2. The number of morpholine rings is 1. The lowest BCUT2D eigenvalue weighted by Crippen LogP contribution is -2.41. The first-order valence-electron chi connectivity index (χ1n) is 7.43. The van der Waals surface area contributed by atoms with E-state index in [4.69, 9.17) is 4.74 Å². The number of methoxy groups -OCH3 is 1. The zero-order valence-electron chi connectivity index (χ0n) is 13.4. The average Bonchev–Trinajstić information content (AvgIpc) is 2.55. The molecule has 0 atom stereocenters. The highest BCUT2D eigenvalue weighted by Crippen LogP contribution is 2.17. The van der Waals surface area contributed by atoms with Crippen LogP contribution in [0.5, 0.6) is 0 Å². The molecule has 1 aliphatic heterocycles. The van der Waals surface area contributed by atoms with Gasteiger partial charge in [-0.3, -0.25) is 4.90 Å². The van der Waals surface area contributed by atoms with E-state index in [9.17, 15) is 13.2 Å². The molecule has 0 aliphatic carbocycles. The van der Waals surface area contributed by atoms with Gasteiger partial charge in [-0.25, -0.2) is 17.9 Å². The van der Waals surface area contributed by atoms with Crippen LogP contribution in [-0.2, 0) is 19.5 Å². The third-order valence-corrected chi connectivity index (χ3v) is 5.33. The maximum Gasteiger partial charge on any atom is 0.337 e. The Bertz CT molecular complexity index is 654. The Balaban J connectivity index is 2.04. The fraction of sp³-hybridized carbons (Fsp3) is 0.533. The minimum atomic E-state index is -3.67. The summed E-state index contributed by atoms with van der Waals surface area (Å²) in [5.74, 6) is -0.560. The van der Waals surface area contributed by atoms with E-state index in [0.717, 1.165) is 13.1 Å². The fourth-order valence-corrected chi connectivity index (χ4v) is 3.66. The molecule has 0 radical (unpaired) electrons. The molecule has 0 spiro atoms. The van der Waals surface area contributed by atoms with E-state index in [1.54, 1.807) is 19.1 Å². The van der Waals surface area contributed by atoms with E-state index in [0.29, 0.717) is 31.9 Å². The van der Waals surface area contributed by atoms with Crippen molar-refractivity contribution in [2.75, 3.05) is 46.5 Å². The highest BCUT2D eigenvalue weighted by atomic mass is 32.2. The molecule has 1 saturated heterocycles. The number of nitrogens with zero attached hydrogens (tertiary/aromatic N) is 1. The van der Waals surface area contributed by atoms with Gasteiger partial charge in [0.05, 0.1) is 30.8 Å². The van der Waals surface area contributed by atoms with Crippen LogP contribution >= 0.6 is 0 Å². The third-order valence-electron chi connectivity index (χ3n) is 3.72. The fourth-order valence-electron chi connectivity index (χ4n) is 2.38. The van der Waals surface area contributed by atoms with E-state index in [1.807, 2.05) is 0 Å². The molecule has 1 aromatic carbocycles. The monoisotopic (exact) mass is 342 g/mol. The molecule has 1 aromatic rings. The molecule has 1 aliphatic rings. The first-order chi connectivity index (χ1) is 10.9. The lowest BCUT2D eigenvalue weighted by Gasteiger charge is -2.26. The predicted molar refractivity (Wildman–Crippen MR) is 85.0 cm³/mol. The number of esters is 1. The Hall–Kier alpha value is -1.48. The molecule has 0 aromatic heterocycles. The van der Waals surface area contributed by atoms with Crippen LogP contribution in [0, 0.1) is 6.92 Å². The summed E-state index contributed by atoms with van der Waals surface area (Å²) in [7, 11) is -2.41. The van der Waals surface area contributed by atoms with Crippen molar-refractivity contribution in [2.24, 2.45) is 0 Å². The summed E-state index contributed by atoms with van der Waals surface area (Å²) in [6.45, 7) is 5.58. The van der Waals surface area contributed by atoms with Crippen LogP contribution in [0.2, 0.25) is 0 Å². The van der Waals surface area contributed by atoms with Crippen LogP contribution in [0.3, 0.4) is 0 Å². The topological polar surface area (TPSA) is 84.9 Å². The minimum absolute atomic E-state index is 0.0994. The van der Waals surface area contributed by atoms with Crippen molar-refractivity contribution in [1.29, 1.82) is 0 Å². The summed E-state index contributed by atoms with van der Waals surface area (Å²) < 4.78 is 37.4. The molecule has 2 rings (SSSR count). The summed E-state index contributed by atoms with van der Waals surface area (Å²) in [6, 6.07) is 4.49. The van der Waals surface area contributed by atoms with Gasteiger partial charge in [0.15, 0.2) is 0 Å². The van der Waals surface area contributed by atoms with Crippen molar-refractivity contribution >= 4 is 16.0 Å². The molecule has 128 valence electrons. The first-order valence-corrected chi connectivity index (χ1v) is 8.91. The molecular weight excluding hydrogens is 320 g/mol. The van der Waals surface area contributed by atoms with Gasteiger partial charge in [-0.1, -0.05) is 6.07 Å². The van der Waals surface area contributed by atoms with E-state index in [2.05, 4.69) is 14.4 Å². The van der Waals surface area contributed by atoms with E-state index in [1.165, 1.54) is 13.2 Å². The van der Waals surface area contributed by atoms with E-state index >= 15 is 0 Å². The van der Waals surface area contributed by atoms with Crippen LogP contribution in [0.4, 0.5) is 0 Å². The van der Waals surface area contributed by atoms with Crippen molar-refractivity contribution in [3.05, 3.63) is 29.3 Å². The maximum absolute atomic E-state index is 12.5. The lowest BCUT2D eigenvalue weighted by atomic mass is 10.1. The van der Waals surface area contributed by atoms with Crippen LogP contribution in [0.15, 0.2) is 23.1 Å². The Morgan fingerprint density at radius 1 is 1.35 bits per heavy atom. The van der Waals surface area contributed by atoms with Crippen LogP contribution in [0.25, 0.3) is 0 Å². The molecular formula is C15H22N2O5S. The highest BCUT2D eigenvalue weighted by molar-refractivity contribution is 7.89. The minimum Gasteiger partial charge on any atom is -0.465 e. The molecule has 1 heterocycles. The van der Waals surface area contributed by atoms with Crippen molar-refractivity contribution in [3.8, 4) is 0 Å². The standard InChI is InChI=1S/C15H22N2O5S/c1-12-3-4-13(15(18)21-2)11-14(12)23(19,20)16-5-6-17-7-9-22-10-8-17/h3-4,11,16H,5-10H2,1-2H3. The number of hydrogen-bond acceptors (Lipinski definition) is 6. The predicted octanol–water partition coefficient (Wildman–Crippen LogP) is 0.392. The van der Waals surface area contributed by atoms with Gasteiger partial charge >= 0.3 is 5.97 Å². The molecule has 23 heavy (non-hydrogen) atoms. The third kappa shape index (κ3) is 4.74. The van der Waals surface area contributed by atoms with Gasteiger partial charge in [-0.05, 0) is 24.6 Å². The second-order valence-corrected chi connectivity index (χ2v) is 7.06. The Kier molecular flexibility index (Phi) is 6.11. The van der Waals surface area contributed by atoms with Crippen molar-refractivity contribution in [2.45, 2.75) is 11.8 Å². The highest BCUT2D eigenvalue weighted by Gasteiger charge is 2.19. The summed E-state index contributed by atoms with van der Waals surface area (Å²) in [5.41, 5.74) is 0.795. The molecule has 0 amide bonds. The maximum atomic E-state index is 12.5. The van der Waals surface area contributed by atoms with Gasteiger partial charge in [0.1, 0.15) is 0 Å². The quantitative estimate of drug-likeness (QED) is 0.753. The summed E-state index contributed by atoms with van der Waals surface area (Å²) in [6.07, 6.45) is 0. The molecule has 0 unspecified atom stereocenters. The number of sulfonamides is 1. The van der Waals surface area contributed by atoms with Crippen molar-refractivity contribution in [1.82, 2.24) is 9.62 Å². The van der Waals surface area contributed by atoms with Gasteiger partial charge in [0.2, 0.25) is 10.0 Å². The number of nitrogens with one attached hydrogen (secondary N) is 1. The Morgan fingerprint density at radius 2 is 2.04 bits per heavy atom. The average molecular weight is 342 g/mol. The molecule has 8 heteroatoms. The van der Waals surface area contributed by atoms with Crippen molar-refractivity contribution in [3.63, 3.8) is 0 Å². The second-order valence-electron chi connectivity index (χ2n) is 5.32. The smallest absolute Gasteiger partial charge is 0.337 e. The van der Waals surface area contributed by atoms with Crippen molar-refractivity contribution < 1.29 is 22.7 Å². The number of benzene rings is 1. The number of rotatable bonds is 6. The summed E-state index contributed by atoms with van der Waals surface area (Å²) >= 11 is 0. The van der Waals surface area contributed by atoms with Crippen LogP contribution in [0.1, 0.15) is 15.9 Å². The zero-order chi connectivity index (χ0) is 16.9. The molecule has 0 saturated carbocycles. The Morgan fingerprint density at radius 3 is 2.70 bits per heavy atom. The first kappa shape index (κ1) is 17.9. The zero-order valence-corrected chi connectivity index (χ0v) is 14.2. The number of carbonyl (C=O) groups excluding carboxylic acids is 1. The van der Waals surface area contributed by atoms with Gasteiger partial charge in [0, 0.05) is 26.2 Å². The molecule has 1 N–H and O–H groups in total. The summed E-state index contributed by atoms with van der Waals surface area (Å²) in [4.78, 5) is 13.8. The molecule has 7 nitrogen and oxygen atoms in total. The van der Waals surface area contributed by atoms with Gasteiger partial charge in [0.25, 0.3) is 0 Å². The Labute approximate surface area is 136 Å². The van der Waals surface area contributed by atoms with Crippen LogP contribution < -0.4 is 4.72 Å². The van der Waals surface area contributed by atoms with Gasteiger partial charge in [-0.2, -0.15) is 0 Å². The normalized spacial score (nSPS) is 16.3. The van der Waals surface area contributed by atoms with E-state index in [-0.39, 0.29) is 10.5 Å². The van der Waals surface area contributed by atoms with Gasteiger partial charge < -0.3 is 9.47 Å². The number of hydrogen-bond donors (Lipinski definition) is 1. The number of carbonyl (C=O) groups is 1. The summed E-state index contributed by atoms with van der Waals surface area (Å²) in [5, 5.41) is 0.